The number of hydrogen-bond donors (Lipinski definition) is 0. The lowest BCUT2D eigenvalue weighted by Gasteiger charge is -2.26. The maximum atomic E-state index is 5.90. The molecular formula is C18H32ClN3O2. The van der Waals surface area contributed by atoms with Crippen LogP contribution in [0.4, 0.5) is 0 Å². The highest BCUT2D eigenvalue weighted by Gasteiger charge is 2.20. The molecule has 1 aliphatic carbocycles. The molecule has 0 amide bonds. The maximum absolute atomic E-state index is 5.90. The first-order chi connectivity index (χ1) is 11.3. The van der Waals surface area contributed by atoms with Crippen LogP contribution in [0.2, 0.25) is 0 Å². The van der Waals surface area contributed by atoms with E-state index in [-0.39, 0.29) is 12.4 Å². The third-order valence-corrected chi connectivity index (χ3v) is 5.36. The van der Waals surface area contributed by atoms with Gasteiger partial charge in [0.25, 0.3) is 0 Å². The van der Waals surface area contributed by atoms with E-state index in [2.05, 4.69) is 23.4 Å². The molecule has 6 heteroatoms. The predicted molar refractivity (Wildman–Crippen MR) is 98.0 cm³/mol. The van der Waals surface area contributed by atoms with Crippen molar-refractivity contribution in [2.45, 2.75) is 58.6 Å². The molecule has 0 spiro atoms. The van der Waals surface area contributed by atoms with E-state index in [4.69, 9.17) is 14.6 Å². The van der Waals surface area contributed by atoms with Crippen LogP contribution >= 0.6 is 12.4 Å². The summed E-state index contributed by atoms with van der Waals surface area (Å²) in [5.41, 5.74) is 3.75. The van der Waals surface area contributed by atoms with Gasteiger partial charge in [-0.25, -0.2) is 0 Å². The molecule has 1 aliphatic heterocycles. The zero-order valence-electron chi connectivity index (χ0n) is 15.1. The van der Waals surface area contributed by atoms with Crippen molar-refractivity contribution in [3.05, 3.63) is 17.0 Å². The number of aromatic nitrogens is 2. The van der Waals surface area contributed by atoms with E-state index in [9.17, 15) is 0 Å². The Kier molecular flexibility index (Phi) is 8.01. The summed E-state index contributed by atoms with van der Waals surface area (Å²) in [4.78, 5) is 2.40. The Bertz CT molecular complexity index is 495. The van der Waals surface area contributed by atoms with Crippen LogP contribution < -0.4 is 0 Å². The van der Waals surface area contributed by atoms with Gasteiger partial charge in [-0.15, -0.1) is 12.4 Å². The van der Waals surface area contributed by atoms with Gasteiger partial charge >= 0.3 is 0 Å². The van der Waals surface area contributed by atoms with Crippen molar-refractivity contribution in [1.82, 2.24) is 14.7 Å². The molecule has 138 valence electrons. The Hall–Kier alpha value is -0.620. The lowest BCUT2D eigenvalue weighted by molar-refractivity contribution is 0.0175. The minimum Gasteiger partial charge on any atom is -0.379 e. The molecule has 0 bridgehead atoms. The summed E-state index contributed by atoms with van der Waals surface area (Å²) in [6.45, 7) is 10.5. The molecule has 0 radical (unpaired) electrons. The quantitative estimate of drug-likeness (QED) is 0.732. The molecular weight excluding hydrogens is 326 g/mol. The van der Waals surface area contributed by atoms with Gasteiger partial charge in [-0.05, 0) is 32.3 Å². The van der Waals surface area contributed by atoms with Crippen LogP contribution in [-0.4, -0.2) is 54.1 Å². The van der Waals surface area contributed by atoms with E-state index >= 15 is 0 Å². The van der Waals surface area contributed by atoms with E-state index in [1.54, 1.807) is 0 Å². The summed E-state index contributed by atoms with van der Waals surface area (Å²) in [5, 5.41) is 4.88. The smallest absolute Gasteiger partial charge is 0.0913 e. The van der Waals surface area contributed by atoms with Crippen LogP contribution in [0.1, 0.15) is 55.1 Å². The maximum Gasteiger partial charge on any atom is 0.0913 e. The van der Waals surface area contributed by atoms with Crippen LogP contribution in [0.15, 0.2) is 0 Å². The molecule has 3 rings (SSSR count). The molecule has 0 unspecified atom stereocenters. The highest BCUT2D eigenvalue weighted by molar-refractivity contribution is 5.85. The second-order valence-electron chi connectivity index (χ2n) is 6.90. The van der Waals surface area contributed by atoms with Crippen molar-refractivity contribution in [3.63, 3.8) is 0 Å². The Balaban J connectivity index is 0.00000208. The van der Waals surface area contributed by atoms with Crippen LogP contribution in [0.25, 0.3) is 0 Å². The molecule has 24 heavy (non-hydrogen) atoms. The van der Waals surface area contributed by atoms with E-state index in [0.29, 0.717) is 12.6 Å². The fourth-order valence-corrected chi connectivity index (χ4v) is 3.67. The molecule has 1 saturated carbocycles. The first-order valence-corrected chi connectivity index (χ1v) is 9.18. The van der Waals surface area contributed by atoms with Crippen LogP contribution in [0, 0.1) is 13.8 Å². The molecule has 5 nitrogen and oxygen atoms in total. The fourth-order valence-electron chi connectivity index (χ4n) is 3.67. The second kappa shape index (κ2) is 9.76. The Morgan fingerprint density at radius 3 is 2.54 bits per heavy atom. The Morgan fingerprint density at radius 1 is 1.12 bits per heavy atom. The van der Waals surface area contributed by atoms with Gasteiger partial charge in [0.05, 0.1) is 38.2 Å². The SMILES string of the molecule is Cc1c(COCCN2CCOCC2)nn(C2CCCCC2)c1C.Cl. The summed E-state index contributed by atoms with van der Waals surface area (Å²) in [5.74, 6) is 0. The standard InChI is InChI=1S/C18H31N3O2.ClH/c1-15-16(2)21(17-6-4-3-5-7-17)19-18(15)14-23-13-10-20-8-11-22-12-9-20;/h17H,3-14H2,1-2H3;1H. The van der Waals surface area contributed by atoms with Crippen molar-refractivity contribution < 1.29 is 9.47 Å². The Morgan fingerprint density at radius 2 is 1.83 bits per heavy atom. The predicted octanol–water partition coefficient (Wildman–Crippen LogP) is 3.28. The average molecular weight is 358 g/mol. The van der Waals surface area contributed by atoms with Crippen molar-refractivity contribution in [2.24, 2.45) is 0 Å². The van der Waals surface area contributed by atoms with Gasteiger partial charge in [0, 0.05) is 25.3 Å². The number of hydrogen-bond acceptors (Lipinski definition) is 4. The van der Waals surface area contributed by atoms with Crippen molar-refractivity contribution in [3.8, 4) is 0 Å². The van der Waals surface area contributed by atoms with E-state index in [1.165, 1.54) is 43.4 Å². The summed E-state index contributed by atoms with van der Waals surface area (Å²) in [6, 6.07) is 0.601. The largest absolute Gasteiger partial charge is 0.379 e. The first kappa shape index (κ1) is 19.7. The van der Waals surface area contributed by atoms with Crippen LogP contribution in [0.5, 0.6) is 0 Å². The lowest BCUT2D eigenvalue weighted by atomic mass is 9.95. The third kappa shape index (κ3) is 4.94. The van der Waals surface area contributed by atoms with Gasteiger partial charge < -0.3 is 9.47 Å². The van der Waals surface area contributed by atoms with E-state index in [0.717, 1.165) is 45.1 Å². The van der Waals surface area contributed by atoms with Gasteiger partial charge in [-0.1, -0.05) is 19.3 Å². The normalized spacial score (nSPS) is 20.1. The van der Waals surface area contributed by atoms with Crippen molar-refractivity contribution >= 4 is 12.4 Å². The number of halogens is 1. The first-order valence-electron chi connectivity index (χ1n) is 9.18. The highest BCUT2D eigenvalue weighted by Crippen LogP contribution is 2.30. The average Bonchev–Trinajstić information content (AvgIpc) is 2.89. The molecule has 0 aromatic carbocycles. The van der Waals surface area contributed by atoms with Crippen LogP contribution in [0.3, 0.4) is 0 Å². The molecule has 1 saturated heterocycles. The van der Waals surface area contributed by atoms with Crippen molar-refractivity contribution in [2.75, 3.05) is 39.5 Å². The van der Waals surface area contributed by atoms with Gasteiger partial charge in [-0.2, -0.15) is 5.10 Å². The topological polar surface area (TPSA) is 39.5 Å². The van der Waals surface area contributed by atoms with Gasteiger partial charge in [0.1, 0.15) is 0 Å². The number of nitrogens with zero attached hydrogens (tertiary/aromatic N) is 3. The molecule has 0 atom stereocenters. The Labute approximate surface area is 152 Å². The second-order valence-corrected chi connectivity index (χ2v) is 6.90. The molecule has 1 aromatic rings. The van der Waals surface area contributed by atoms with E-state index in [1.807, 2.05) is 0 Å². The molecule has 0 N–H and O–H groups in total. The van der Waals surface area contributed by atoms with Gasteiger partial charge in [-0.3, -0.25) is 9.58 Å². The van der Waals surface area contributed by atoms with Gasteiger partial charge in [0.2, 0.25) is 0 Å². The molecule has 2 aliphatic rings. The minimum atomic E-state index is 0. The molecule has 2 fully saturated rings. The number of rotatable bonds is 6. The zero-order valence-corrected chi connectivity index (χ0v) is 15.9. The van der Waals surface area contributed by atoms with Crippen LogP contribution in [-0.2, 0) is 16.1 Å². The summed E-state index contributed by atoms with van der Waals surface area (Å²) < 4.78 is 13.5. The molecule has 1 aromatic heterocycles. The third-order valence-electron chi connectivity index (χ3n) is 5.36. The monoisotopic (exact) mass is 357 g/mol. The minimum absolute atomic E-state index is 0. The van der Waals surface area contributed by atoms with E-state index < -0.39 is 0 Å². The fraction of sp³-hybridized carbons (Fsp3) is 0.833. The summed E-state index contributed by atoms with van der Waals surface area (Å²) in [6.07, 6.45) is 6.62. The van der Waals surface area contributed by atoms with Gasteiger partial charge in [0.15, 0.2) is 0 Å². The summed E-state index contributed by atoms with van der Waals surface area (Å²) >= 11 is 0. The lowest BCUT2D eigenvalue weighted by Crippen LogP contribution is -2.38. The highest BCUT2D eigenvalue weighted by atomic mass is 35.5. The number of morpholine rings is 1. The van der Waals surface area contributed by atoms with Crippen molar-refractivity contribution in [1.29, 1.82) is 0 Å². The number of ether oxygens (including phenoxy) is 2. The molecule has 2 heterocycles. The zero-order chi connectivity index (χ0) is 16.1. The summed E-state index contributed by atoms with van der Waals surface area (Å²) in [7, 11) is 0.